The van der Waals surface area contributed by atoms with Crippen molar-refractivity contribution in [2.24, 2.45) is 0 Å². The molecule has 60 heavy (non-hydrogen) atoms. The molecule has 3 N–H and O–H groups in total. The number of nitrogens with one attached hydrogen (secondary N) is 1. The fourth-order valence-electron chi connectivity index (χ4n) is 7.52. The molecule has 0 spiro atoms. The van der Waals surface area contributed by atoms with Gasteiger partial charge in [0.1, 0.15) is 0 Å². The summed E-state index contributed by atoms with van der Waals surface area (Å²) in [6.07, 6.45) is 73.9. The highest BCUT2D eigenvalue weighted by Crippen LogP contribution is 2.16. The number of aliphatic hydroxyl groups is 2. The number of hydrogen-bond acceptors (Lipinski definition) is 3. The van der Waals surface area contributed by atoms with E-state index in [0.29, 0.717) is 12.8 Å². The lowest BCUT2D eigenvalue weighted by molar-refractivity contribution is -0.123. The molecule has 0 aliphatic rings. The van der Waals surface area contributed by atoms with Gasteiger partial charge in [-0.1, -0.05) is 253 Å². The standard InChI is InChI=1S/C56H99NO3/c1-3-5-7-9-11-13-15-17-19-21-23-24-25-26-27-28-29-30-31-32-34-36-38-40-42-44-46-48-50-52-56(60)57-54(53-58)55(59)51-49-47-45-43-41-39-37-35-33-22-20-18-16-14-12-10-8-6-4-2/h5,7,11,13,17,19,23-24,26-27,29-30,32,34,54-55,58-59H,3-4,6,8-10,12,14-16,18,20-22,25,28,31,33,35-53H2,1-2H3,(H,57,60)/b7-5-,13-11-,19-17-,24-23-,27-26-,30-29-,34-32-. The molecule has 0 aromatic heterocycles. The van der Waals surface area contributed by atoms with Crippen LogP contribution < -0.4 is 5.32 Å². The number of hydrogen-bond donors (Lipinski definition) is 3. The van der Waals surface area contributed by atoms with E-state index in [0.717, 1.165) is 83.5 Å². The molecule has 0 aliphatic carbocycles. The second-order valence-electron chi connectivity index (χ2n) is 17.2. The highest BCUT2D eigenvalue weighted by Gasteiger charge is 2.20. The minimum absolute atomic E-state index is 0.0444. The normalized spacial score (nSPS) is 13.6. The molecular formula is C56H99NO3. The van der Waals surface area contributed by atoms with E-state index >= 15 is 0 Å². The van der Waals surface area contributed by atoms with Crippen LogP contribution >= 0.6 is 0 Å². The lowest BCUT2D eigenvalue weighted by Crippen LogP contribution is -2.45. The molecule has 0 aliphatic heterocycles. The van der Waals surface area contributed by atoms with E-state index < -0.39 is 12.1 Å². The van der Waals surface area contributed by atoms with Gasteiger partial charge in [-0.25, -0.2) is 0 Å². The van der Waals surface area contributed by atoms with Crippen LogP contribution in [-0.4, -0.2) is 34.9 Å². The maximum Gasteiger partial charge on any atom is 0.220 e. The third-order valence-corrected chi connectivity index (χ3v) is 11.4. The van der Waals surface area contributed by atoms with Crippen LogP contribution in [0, 0.1) is 0 Å². The van der Waals surface area contributed by atoms with Crippen LogP contribution in [0.2, 0.25) is 0 Å². The average Bonchev–Trinajstić information content (AvgIpc) is 3.25. The summed E-state index contributed by atoms with van der Waals surface area (Å²) in [6, 6.07) is -0.548. The van der Waals surface area contributed by atoms with Crippen molar-refractivity contribution in [1.29, 1.82) is 0 Å². The van der Waals surface area contributed by atoms with Crippen molar-refractivity contribution in [3.8, 4) is 0 Å². The van der Waals surface area contributed by atoms with E-state index in [1.807, 2.05) is 0 Å². The number of rotatable bonds is 46. The first-order chi connectivity index (χ1) is 29.7. The fourth-order valence-corrected chi connectivity index (χ4v) is 7.52. The SMILES string of the molecule is CC/C=C\C/C=C\C/C=C\C/C=C\C/C=C\C/C=C\C/C=C\CCCCCCCCCC(=O)NC(CO)C(O)CCCCCCCCCCCCCCCCCCCCC. The molecule has 0 aromatic rings. The van der Waals surface area contributed by atoms with Crippen LogP contribution in [0.3, 0.4) is 0 Å². The summed E-state index contributed by atoms with van der Waals surface area (Å²) < 4.78 is 0. The number of carbonyl (C=O) groups excluding carboxylic acids is 1. The Labute approximate surface area is 373 Å². The molecular weight excluding hydrogens is 735 g/mol. The topological polar surface area (TPSA) is 69.6 Å². The van der Waals surface area contributed by atoms with Crippen LogP contribution in [0.15, 0.2) is 85.1 Å². The van der Waals surface area contributed by atoms with Crippen LogP contribution in [-0.2, 0) is 4.79 Å². The van der Waals surface area contributed by atoms with Gasteiger partial charge in [0.2, 0.25) is 5.91 Å². The van der Waals surface area contributed by atoms with Gasteiger partial charge in [-0.05, 0) is 70.6 Å². The summed E-state index contributed by atoms with van der Waals surface area (Å²) >= 11 is 0. The Morgan fingerprint density at radius 3 is 1.10 bits per heavy atom. The molecule has 0 bridgehead atoms. The molecule has 4 nitrogen and oxygen atoms in total. The van der Waals surface area contributed by atoms with Crippen molar-refractivity contribution in [2.45, 2.75) is 257 Å². The monoisotopic (exact) mass is 834 g/mol. The largest absolute Gasteiger partial charge is 0.394 e. The maximum atomic E-state index is 12.5. The summed E-state index contributed by atoms with van der Waals surface area (Å²) in [5.74, 6) is -0.0444. The predicted octanol–water partition coefficient (Wildman–Crippen LogP) is 16.8. The second-order valence-corrected chi connectivity index (χ2v) is 17.2. The molecule has 2 unspecified atom stereocenters. The Bertz CT molecular complexity index is 1080. The minimum atomic E-state index is -0.670. The van der Waals surface area contributed by atoms with Crippen molar-refractivity contribution in [2.75, 3.05) is 6.61 Å². The molecule has 346 valence electrons. The van der Waals surface area contributed by atoms with E-state index in [1.165, 1.54) is 135 Å². The molecule has 0 rings (SSSR count). The lowest BCUT2D eigenvalue weighted by atomic mass is 10.0. The first-order valence-corrected chi connectivity index (χ1v) is 25.8. The Morgan fingerprint density at radius 1 is 0.417 bits per heavy atom. The number of allylic oxidation sites excluding steroid dienone is 14. The number of amides is 1. The molecule has 0 aromatic carbocycles. The van der Waals surface area contributed by atoms with Gasteiger partial charge in [0.05, 0.1) is 18.8 Å². The number of aliphatic hydroxyl groups excluding tert-OH is 2. The fraction of sp³-hybridized carbons (Fsp3) is 0.732. The number of carbonyl (C=O) groups is 1. The molecule has 0 saturated heterocycles. The van der Waals surface area contributed by atoms with Gasteiger partial charge in [-0.15, -0.1) is 0 Å². The molecule has 0 heterocycles. The summed E-state index contributed by atoms with van der Waals surface area (Å²) in [5, 5.41) is 23.3. The van der Waals surface area contributed by atoms with Crippen molar-refractivity contribution in [1.82, 2.24) is 5.32 Å². The summed E-state index contributed by atoms with van der Waals surface area (Å²) in [5.41, 5.74) is 0. The smallest absolute Gasteiger partial charge is 0.220 e. The van der Waals surface area contributed by atoms with E-state index in [-0.39, 0.29) is 12.5 Å². The van der Waals surface area contributed by atoms with E-state index in [4.69, 9.17) is 0 Å². The third kappa shape index (κ3) is 46.6. The zero-order valence-electron chi connectivity index (χ0n) is 39.7. The van der Waals surface area contributed by atoms with Crippen LogP contribution in [0.4, 0.5) is 0 Å². The quantitative estimate of drug-likeness (QED) is 0.0423. The molecule has 0 radical (unpaired) electrons. The zero-order valence-corrected chi connectivity index (χ0v) is 39.7. The van der Waals surface area contributed by atoms with Crippen LogP contribution in [0.5, 0.6) is 0 Å². The lowest BCUT2D eigenvalue weighted by Gasteiger charge is -2.22. The maximum absolute atomic E-state index is 12.5. The highest BCUT2D eigenvalue weighted by molar-refractivity contribution is 5.76. The van der Waals surface area contributed by atoms with Crippen molar-refractivity contribution in [3.05, 3.63) is 85.1 Å². The molecule has 2 atom stereocenters. The van der Waals surface area contributed by atoms with Crippen LogP contribution in [0.25, 0.3) is 0 Å². The highest BCUT2D eigenvalue weighted by atomic mass is 16.3. The van der Waals surface area contributed by atoms with Gasteiger partial charge in [-0.3, -0.25) is 4.79 Å². The molecule has 1 amide bonds. The Balaban J connectivity index is 3.58. The summed E-state index contributed by atoms with van der Waals surface area (Å²) in [6.45, 7) is 4.25. The summed E-state index contributed by atoms with van der Waals surface area (Å²) in [4.78, 5) is 12.5. The third-order valence-electron chi connectivity index (χ3n) is 11.4. The minimum Gasteiger partial charge on any atom is -0.394 e. The Hall–Kier alpha value is -2.43. The Kier molecular flexibility index (Phi) is 48.9. The first kappa shape index (κ1) is 57.6. The van der Waals surface area contributed by atoms with Crippen molar-refractivity contribution < 1.29 is 15.0 Å². The van der Waals surface area contributed by atoms with Gasteiger partial charge >= 0.3 is 0 Å². The van der Waals surface area contributed by atoms with E-state index in [2.05, 4.69) is 104 Å². The summed E-state index contributed by atoms with van der Waals surface area (Å²) in [7, 11) is 0. The Morgan fingerprint density at radius 2 is 0.733 bits per heavy atom. The van der Waals surface area contributed by atoms with Gasteiger partial charge in [-0.2, -0.15) is 0 Å². The predicted molar refractivity (Wildman–Crippen MR) is 267 cm³/mol. The van der Waals surface area contributed by atoms with Crippen molar-refractivity contribution in [3.63, 3.8) is 0 Å². The first-order valence-electron chi connectivity index (χ1n) is 25.8. The molecule has 0 saturated carbocycles. The van der Waals surface area contributed by atoms with Gasteiger partial charge in [0, 0.05) is 6.42 Å². The zero-order chi connectivity index (χ0) is 43.5. The van der Waals surface area contributed by atoms with Crippen molar-refractivity contribution >= 4 is 5.91 Å². The van der Waals surface area contributed by atoms with Crippen LogP contribution in [0.1, 0.15) is 245 Å². The number of unbranched alkanes of at least 4 members (excludes halogenated alkanes) is 25. The molecule has 0 fully saturated rings. The van der Waals surface area contributed by atoms with E-state index in [1.54, 1.807) is 0 Å². The van der Waals surface area contributed by atoms with Gasteiger partial charge < -0.3 is 15.5 Å². The molecule has 4 heteroatoms. The van der Waals surface area contributed by atoms with Gasteiger partial charge in [0.15, 0.2) is 0 Å². The average molecular weight is 834 g/mol. The van der Waals surface area contributed by atoms with E-state index in [9.17, 15) is 15.0 Å². The van der Waals surface area contributed by atoms with Gasteiger partial charge in [0.25, 0.3) is 0 Å². The second kappa shape index (κ2) is 50.9.